The van der Waals surface area contributed by atoms with E-state index in [1.165, 1.54) is 24.3 Å². The third-order valence-electron chi connectivity index (χ3n) is 4.32. The first-order valence-corrected chi connectivity index (χ1v) is 10.8. The van der Waals surface area contributed by atoms with Crippen molar-refractivity contribution in [1.29, 1.82) is 0 Å². The fourth-order valence-corrected chi connectivity index (χ4v) is 3.92. The number of hydrogen-bond acceptors (Lipinski definition) is 6. The minimum absolute atomic E-state index is 0.0267. The van der Waals surface area contributed by atoms with Gasteiger partial charge in [-0.3, -0.25) is 4.79 Å². The van der Waals surface area contributed by atoms with Gasteiger partial charge in [-0.1, -0.05) is 40.9 Å². The van der Waals surface area contributed by atoms with E-state index >= 15 is 0 Å². The highest BCUT2D eigenvalue weighted by Crippen LogP contribution is 2.26. The lowest BCUT2D eigenvalue weighted by Crippen LogP contribution is -2.43. The summed E-state index contributed by atoms with van der Waals surface area (Å²) in [5, 5.41) is 20.1. The average molecular weight is 456 g/mol. The van der Waals surface area contributed by atoms with E-state index in [9.17, 15) is 18.0 Å². The number of carbonyl (C=O) groups is 2. The Labute approximate surface area is 184 Å². The van der Waals surface area contributed by atoms with Crippen LogP contribution in [0.5, 0.6) is 5.75 Å². The normalized spacial score (nSPS) is 11.9. The first-order chi connectivity index (χ1) is 15.3. The summed E-state index contributed by atoms with van der Waals surface area (Å²) < 4.78 is 27.4. The smallest absolute Gasteiger partial charge is 0.328 e. The third-order valence-corrected chi connectivity index (χ3v) is 5.91. The van der Waals surface area contributed by atoms with Gasteiger partial charge in [-0.2, -0.15) is 8.42 Å². The van der Waals surface area contributed by atoms with Crippen LogP contribution >= 0.6 is 0 Å². The number of sulfonamides is 1. The molecule has 0 bridgehead atoms. The zero-order chi connectivity index (χ0) is 23.1. The highest BCUT2D eigenvalue weighted by atomic mass is 32.2. The largest absolute Gasteiger partial charge is 0.480 e. The molecule has 0 saturated carbocycles. The van der Waals surface area contributed by atoms with Gasteiger partial charge in [0, 0.05) is 5.56 Å². The number of aliphatic carboxylic acids is 1. The molecule has 0 aromatic heterocycles. The number of rotatable bonds is 9. The summed E-state index contributed by atoms with van der Waals surface area (Å²) in [5.41, 5.74) is 0.296. The number of nitrogens with zero attached hydrogens (tertiary/aromatic N) is 1. The Bertz CT molecular complexity index is 1170. The lowest BCUT2D eigenvalue weighted by Gasteiger charge is -2.24. The molecule has 166 valence electrons. The van der Waals surface area contributed by atoms with E-state index in [0.717, 1.165) is 4.47 Å². The molecule has 10 heteroatoms. The number of aliphatic hydroxyl groups excluding tert-OH is 1. The number of anilines is 1. The van der Waals surface area contributed by atoms with E-state index in [-0.39, 0.29) is 16.1 Å². The van der Waals surface area contributed by atoms with E-state index in [1.807, 2.05) is 0 Å². The Balaban J connectivity index is 1.90. The van der Waals surface area contributed by atoms with Crippen molar-refractivity contribution >= 4 is 27.6 Å². The molecule has 0 heterocycles. The lowest BCUT2D eigenvalue weighted by atomic mass is 10.2. The van der Waals surface area contributed by atoms with E-state index in [2.05, 4.69) is 5.32 Å². The number of nitrogens with one attached hydrogen (secondary N) is 1. The van der Waals surface area contributed by atoms with Crippen LogP contribution in [-0.2, 0) is 14.8 Å². The van der Waals surface area contributed by atoms with E-state index < -0.39 is 34.5 Å². The second kappa shape index (κ2) is 9.94. The lowest BCUT2D eigenvalue weighted by molar-refractivity contribution is -0.140. The molecular weight excluding hydrogens is 436 g/mol. The van der Waals surface area contributed by atoms with E-state index in [1.54, 1.807) is 60.7 Å². The summed E-state index contributed by atoms with van der Waals surface area (Å²) in [7, 11) is -4.19. The van der Waals surface area contributed by atoms with Crippen molar-refractivity contribution < 1.29 is 33.1 Å². The number of carboxylic acids is 1. The standard InChI is InChI=1S/C22H20N2O7S/c25-15-20(22(27)28)23-21(26)16-11-13-19(14-12-16)32(29,30)24(17-7-3-1-4-8-17)31-18-9-5-2-6-10-18/h1-14,20,25H,15H2,(H,23,26)(H,27,28). The van der Waals surface area contributed by atoms with Gasteiger partial charge in [-0.05, 0) is 48.5 Å². The Hall–Kier alpha value is -3.89. The minimum atomic E-state index is -4.19. The Morgan fingerprint density at radius 2 is 1.47 bits per heavy atom. The summed E-state index contributed by atoms with van der Waals surface area (Å²) in [6.07, 6.45) is 0. The van der Waals surface area contributed by atoms with Gasteiger partial charge in [0.05, 0.1) is 17.2 Å². The summed E-state index contributed by atoms with van der Waals surface area (Å²) in [5.74, 6) is -1.85. The number of aliphatic hydroxyl groups is 1. The second-order valence-corrected chi connectivity index (χ2v) is 8.30. The van der Waals surface area contributed by atoms with Crippen molar-refractivity contribution in [3.63, 3.8) is 0 Å². The van der Waals surface area contributed by atoms with Gasteiger partial charge < -0.3 is 20.4 Å². The van der Waals surface area contributed by atoms with Crippen LogP contribution in [-0.4, -0.2) is 43.2 Å². The van der Waals surface area contributed by atoms with E-state index in [4.69, 9.17) is 15.1 Å². The molecule has 9 nitrogen and oxygen atoms in total. The Morgan fingerprint density at radius 3 is 2.00 bits per heavy atom. The summed E-state index contributed by atoms with van der Waals surface area (Å²) in [6.45, 7) is -0.781. The number of carbonyl (C=O) groups excluding carboxylic acids is 1. The second-order valence-electron chi connectivity index (χ2n) is 6.54. The van der Waals surface area contributed by atoms with Gasteiger partial charge in [0.1, 0.15) is 0 Å². The van der Waals surface area contributed by atoms with Crippen LogP contribution in [0.25, 0.3) is 0 Å². The SMILES string of the molecule is O=C(NC(CO)C(=O)O)c1ccc(S(=O)(=O)N(Oc2ccccc2)c2ccccc2)cc1. The molecule has 3 aromatic rings. The Morgan fingerprint density at radius 1 is 0.906 bits per heavy atom. The molecule has 0 aliphatic rings. The number of benzene rings is 3. The van der Waals surface area contributed by atoms with E-state index in [0.29, 0.717) is 5.75 Å². The quantitative estimate of drug-likeness (QED) is 0.420. The molecular formula is C22H20N2O7S. The van der Waals surface area contributed by atoms with Gasteiger partial charge in [0.2, 0.25) is 0 Å². The highest BCUT2D eigenvalue weighted by molar-refractivity contribution is 7.92. The van der Waals surface area contributed by atoms with Crippen molar-refractivity contribution in [3.05, 3.63) is 90.5 Å². The molecule has 0 aliphatic heterocycles. The van der Waals surface area contributed by atoms with Crippen molar-refractivity contribution in [2.45, 2.75) is 10.9 Å². The molecule has 0 fully saturated rings. The van der Waals surface area contributed by atoms with Crippen LogP contribution in [0.3, 0.4) is 0 Å². The van der Waals surface area contributed by atoms with Gasteiger partial charge in [-0.15, -0.1) is 0 Å². The van der Waals surface area contributed by atoms with Gasteiger partial charge >= 0.3 is 5.97 Å². The number of hydrogen-bond donors (Lipinski definition) is 3. The van der Waals surface area contributed by atoms with Crippen molar-refractivity contribution in [2.24, 2.45) is 0 Å². The van der Waals surface area contributed by atoms with Crippen LogP contribution in [0.2, 0.25) is 0 Å². The van der Waals surface area contributed by atoms with Crippen LogP contribution in [0.15, 0.2) is 89.8 Å². The number of para-hydroxylation sites is 2. The number of amides is 1. The molecule has 1 atom stereocenters. The fraction of sp³-hybridized carbons (Fsp3) is 0.0909. The highest BCUT2D eigenvalue weighted by Gasteiger charge is 2.28. The first kappa shape index (κ1) is 22.8. The maximum Gasteiger partial charge on any atom is 0.328 e. The summed E-state index contributed by atoms with van der Waals surface area (Å²) in [4.78, 5) is 28.7. The minimum Gasteiger partial charge on any atom is -0.480 e. The molecule has 1 amide bonds. The fourth-order valence-electron chi connectivity index (χ4n) is 2.67. The third kappa shape index (κ3) is 5.23. The molecule has 32 heavy (non-hydrogen) atoms. The van der Waals surface area contributed by atoms with Crippen LogP contribution in [0.1, 0.15) is 10.4 Å². The Kier molecular flexibility index (Phi) is 7.08. The molecule has 3 N–H and O–H groups in total. The first-order valence-electron chi connectivity index (χ1n) is 9.41. The number of carboxylic acid groups (broad SMARTS) is 1. The van der Waals surface area contributed by atoms with Crippen LogP contribution in [0, 0.1) is 0 Å². The molecule has 0 aliphatic carbocycles. The zero-order valence-electron chi connectivity index (χ0n) is 16.7. The molecule has 3 aromatic carbocycles. The van der Waals surface area contributed by atoms with Crippen molar-refractivity contribution in [1.82, 2.24) is 5.32 Å². The molecule has 0 spiro atoms. The maximum atomic E-state index is 13.3. The van der Waals surface area contributed by atoms with Crippen LogP contribution in [0.4, 0.5) is 5.69 Å². The molecule has 1 unspecified atom stereocenters. The average Bonchev–Trinajstić information content (AvgIpc) is 2.81. The van der Waals surface area contributed by atoms with Crippen LogP contribution < -0.4 is 14.6 Å². The molecule has 3 rings (SSSR count). The van der Waals surface area contributed by atoms with Crippen molar-refractivity contribution in [2.75, 3.05) is 11.1 Å². The molecule has 0 radical (unpaired) electrons. The maximum absolute atomic E-state index is 13.3. The summed E-state index contributed by atoms with van der Waals surface area (Å²) in [6, 6.07) is 20.0. The summed E-state index contributed by atoms with van der Waals surface area (Å²) >= 11 is 0. The van der Waals surface area contributed by atoms with Gasteiger partial charge in [0.15, 0.2) is 11.8 Å². The predicted molar refractivity (Wildman–Crippen MR) is 116 cm³/mol. The molecule has 0 saturated heterocycles. The topological polar surface area (TPSA) is 133 Å². The van der Waals surface area contributed by atoms with Gasteiger partial charge in [0.25, 0.3) is 15.9 Å². The van der Waals surface area contributed by atoms with Gasteiger partial charge in [-0.25, -0.2) is 4.79 Å². The predicted octanol–water partition coefficient (Wildman–Crippen LogP) is 2.05. The van der Waals surface area contributed by atoms with Crippen molar-refractivity contribution in [3.8, 4) is 5.75 Å². The zero-order valence-corrected chi connectivity index (χ0v) is 17.5. The monoisotopic (exact) mass is 456 g/mol.